The van der Waals surface area contributed by atoms with E-state index in [-0.39, 0.29) is 24.2 Å². The topological polar surface area (TPSA) is 55.4 Å². The van der Waals surface area contributed by atoms with Crippen molar-refractivity contribution in [3.8, 4) is 5.75 Å². The van der Waals surface area contributed by atoms with Crippen LogP contribution in [0.1, 0.15) is 51.9 Å². The fraction of sp³-hybridized carbons (Fsp3) is 0.333. The Labute approximate surface area is 148 Å². The molecule has 0 saturated heterocycles. The highest BCUT2D eigenvalue weighted by atomic mass is 16.5. The molecule has 1 aliphatic carbocycles. The van der Waals surface area contributed by atoms with Crippen LogP contribution in [0.25, 0.3) is 0 Å². The van der Waals surface area contributed by atoms with Crippen molar-refractivity contribution in [2.75, 3.05) is 11.9 Å². The quantitative estimate of drug-likeness (QED) is 0.904. The van der Waals surface area contributed by atoms with Gasteiger partial charge >= 0.3 is 0 Å². The van der Waals surface area contributed by atoms with Gasteiger partial charge in [0.2, 0.25) is 0 Å². The van der Waals surface area contributed by atoms with Gasteiger partial charge in [0, 0.05) is 12.1 Å². The largest absolute Gasteiger partial charge is 0.483 e. The Kier molecular flexibility index (Phi) is 4.62. The number of carbonyl (C=O) groups excluding carboxylic acids is 2. The number of amides is 1. The summed E-state index contributed by atoms with van der Waals surface area (Å²) < 4.78 is 5.69. The number of hydrogen-bond donors (Lipinski definition) is 1. The van der Waals surface area contributed by atoms with Crippen LogP contribution in [0.2, 0.25) is 0 Å². The molecule has 0 aromatic heterocycles. The number of fused-ring (bicyclic) bond motifs is 1. The second-order valence-corrected chi connectivity index (χ2v) is 6.85. The zero-order chi connectivity index (χ0) is 18.1. The first-order valence-electron chi connectivity index (χ1n) is 8.53. The number of nitrogens with one attached hydrogen (secondary N) is 1. The minimum absolute atomic E-state index is 0.0935. The molecular weight excluding hydrogens is 314 g/mol. The lowest BCUT2D eigenvalue weighted by atomic mass is 9.97. The summed E-state index contributed by atoms with van der Waals surface area (Å²) in [6.07, 6.45) is 0.505. The SMILES string of the molecule is Cc1ccc(NC(=O)COc2ccc(C)c3c2C(=O)CC3C)c(C)c1. The van der Waals surface area contributed by atoms with Crippen molar-refractivity contribution in [2.45, 2.75) is 40.0 Å². The highest BCUT2D eigenvalue weighted by Crippen LogP contribution is 2.40. The number of aryl methyl sites for hydroxylation is 3. The maximum Gasteiger partial charge on any atom is 0.262 e. The summed E-state index contributed by atoms with van der Waals surface area (Å²) in [4.78, 5) is 24.5. The van der Waals surface area contributed by atoms with Crippen LogP contribution in [0.5, 0.6) is 5.75 Å². The molecule has 1 aliphatic rings. The van der Waals surface area contributed by atoms with Gasteiger partial charge in [-0.2, -0.15) is 0 Å². The summed E-state index contributed by atoms with van der Waals surface area (Å²) in [6.45, 7) is 7.90. The fourth-order valence-electron chi connectivity index (χ4n) is 3.51. The lowest BCUT2D eigenvalue weighted by Gasteiger charge is -2.14. The van der Waals surface area contributed by atoms with Crippen LogP contribution in [0.3, 0.4) is 0 Å². The molecular formula is C21H23NO3. The first-order chi connectivity index (χ1) is 11.9. The highest BCUT2D eigenvalue weighted by Gasteiger charge is 2.31. The van der Waals surface area contributed by atoms with Gasteiger partial charge in [-0.05, 0) is 55.5 Å². The zero-order valence-corrected chi connectivity index (χ0v) is 15.1. The Balaban J connectivity index is 1.72. The van der Waals surface area contributed by atoms with Crippen molar-refractivity contribution < 1.29 is 14.3 Å². The first-order valence-corrected chi connectivity index (χ1v) is 8.53. The summed E-state index contributed by atoms with van der Waals surface area (Å²) in [7, 11) is 0. The number of carbonyl (C=O) groups is 2. The molecule has 130 valence electrons. The molecule has 0 heterocycles. The molecule has 25 heavy (non-hydrogen) atoms. The second kappa shape index (κ2) is 6.71. The summed E-state index contributed by atoms with van der Waals surface area (Å²) in [6, 6.07) is 9.59. The molecule has 1 amide bonds. The standard InChI is InChI=1S/C21H23NO3/c1-12-5-7-16(14(3)9-12)22-19(24)11-25-18-8-6-13(2)20-15(4)10-17(23)21(18)20/h5-9,15H,10-11H2,1-4H3,(H,22,24). The third-order valence-corrected chi connectivity index (χ3v) is 4.70. The number of rotatable bonds is 4. The van der Waals surface area contributed by atoms with Gasteiger partial charge in [0.05, 0.1) is 5.56 Å². The molecule has 1 unspecified atom stereocenters. The number of hydrogen-bond acceptors (Lipinski definition) is 3. The smallest absolute Gasteiger partial charge is 0.262 e. The van der Waals surface area contributed by atoms with Gasteiger partial charge < -0.3 is 10.1 Å². The van der Waals surface area contributed by atoms with E-state index in [9.17, 15) is 9.59 Å². The van der Waals surface area contributed by atoms with E-state index in [1.54, 1.807) is 6.07 Å². The van der Waals surface area contributed by atoms with Crippen molar-refractivity contribution in [2.24, 2.45) is 0 Å². The van der Waals surface area contributed by atoms with Crippen LogP contribution in [0.4, 0.5) is 5.69 Å². The maximum atomic E-state index is 12.3. The lowest BCUT2D eigenvalue weighted by Crippen LogP contribution is -2.21. The van der Waals surface area contributed by atoms with Gasteiger partial charge in [-0.15, -0.1) is 0 Å². The van der Waals surface area contributed by atoms with Crippen molar-refractivity contribution in [3.05, 3.63) is 58.1 Å². The van der Waals surface area contributed by atoms with Crippen molar-refractivity contribution in [3.63, 3.8) is 0 Å². The summed E-state index contributed by atoms with van der Waals surface area (Å²) in [5.74, 6) is 0.566. The molecule has 0 bridgehead atoms. The molecule has 0 saturated carbocycles. The van der Waals surface area contributed by atoms with Gasteiger partial charge in [0.1, 0.15) is 5.75 Å². The predicted octanol–water partition coefficient (Wildman–Crippen LogP) is 4.32. The van der Waals surface area contributed by atoms with E-state index in [1.807, 2.05) is 52.0 Å². The van der Waals surface area contributed by atoms with Crippen LogP contribution in [0.15, 0.2) is 30.3 Å². The third kappa shape index (κ3) is 3.43. The first kappa shape index (κ1) is 17.2. The average molecular weight is 337 g/mol. The molecule has 4 nitrogen and oxygen atoms in total. The van der Waals surface area contributed by atoms with Gasteiger partial charge in [0.25, 0.3) is 5.91 Å². The van der Waals surface area contributed by atoms with Crippen LogP contribution in [-0.4, -0.2) is 18.3 Å². The van der Waals surface area contributed by atoms with Crippen molar-refractivity contribution in [1.82, 2.24) is 0 Å². The highest BCUT2D eigenvalue weighted by molar-refractivity contribution is 6.04. The van der Waals surface area contributed by atoms with Gasteiger partial charge in [-0.1, -0.05) is 30.7 Å². The molecule has 2 aromatic rings. The van der Waals surface area contributed by atoms with Gasteiger partial charge in [-0.25, -0.2) is 0 Å². The Morgan fingerprint density at radius 3 is 2.64 bits per heavy atom. The molecule has 2 aromatic carbocycles. The molecule has 3 rings (SSSR count). The Morgan fingerprint density at radius 1 is 1.16 bits per heavy atom. The van der Waals surface area contributed by atoms with Gasteiger partial charge in [0.15, 0.2) is 12.4 Å². The lowest BCUT2D eigenvalue weighted by molar-refractivity contribution is -0.118. The molecule has 4 heteroatoms. The van der Waals surface area contributed by atoms with Gasteiger partial charge in [-0.3, -0.25) is 9.59 Å². The van der Waals surface area contributed by atoms with Crippen LogP contribution in [-0.2, 0) is 4.79 Å². The maximum absolute atomic E-state index is 12.3. The van der Waals surface area contributed by atoms with Crippen LogP contribution >= 0.6 is 0 Å². The third-order valence-electron chi connectivity index (χ3n) is 4.70. The molecule has 1 atom stereocenters. The molecule has 0 spiro atoms. The van der Waals surface area contributed by atoms with Crippen molar-refractivity contribution in [1.29, 1.82) is 0 Å². The molecule has 0 fully saturated rings. The summed E-state index contributed by atoms with van der Waals surface area (Å²) in [5.41, 5.74) is 5.73. The van der Waals surface area contributed by atoms with E-state index in [1.165, 1.54) is 0 Å². The van der Waals surface area contributed by atoms with E-state index >= 15 is 0 Å². The van der Waals surface area contributed by atoms with E-state index in [0.717, 1.165) is 27.9 Å². The number of ketones is 1. The molecule has 0 radical (unpaired) electrons. The Morgan fingerprint density at radius 2 is 1.92 bits per heavy atom. The predicted molar refractivity (Wildman–Crippen MR) is 98.6 cm³/mol. The zero-order valence-electron chi connectivity index (χ0n) is 15.1. The van der Waals surface area contributed by atoms with E-state index < -0.39 is 0 Å². The summed E-state index contributed by atoms with van der Waals surface area (Å²) >= 11 is 0. The number of ether oxygens (including phenoxy) is 1. The number of Topliss-reactive ketones (excluding diaryl/α,β-unsaturated/α-hetero) is 1. The Bertz CT molecular complexity index is 854. The normalized spacial score (nSPS) is 15.8. The second-order valence-electron chi connectivity index (χ2n) is 6.85. The Hall–Kier alpha value is -2.62. The molecule has 1 N–H and O–H groups in total. The minimum atomic E-state index is -0.236. The van der Waals surface area contributed by atoms with E-state index in [2.05, 4.69) is 5.32 Å². The fourth-order valence-corrected chi connectivity index (χ4v) is 3.51. The average Bonchev–Trinajstić information content (AvgIpc) is 2.85. The van der Waals surface area contributed by atoms with E-state index in [4.69, 9.17) is 4.74 Å². The van der Waals surface area contributed by atoms with Crippen LogP contribution in [0, 0.1) is 20.8 Å². The monoisotopic (exact) mass is 337 g/mol. The van der Waals surface area contributed by atoms with Crippen LogP contribution < -0.4 is 10.1 Å². The molecule has 0 aliphatic heterocycles. The number of benzene rings is 2. The minimum Gasteiger partial charge on any atom is -0.483 e. The van der Waals surface area contributed by atoms with E-state index in [0.29, 0.717) is 17.7 Å². The summed E-state index contributed by atoms with van der Waals surface area (Å²) in [5, 5.41) is 2.86. The van der Waals surface area contributed by atoms with Crippen molar-refractivity contribution >= 4 is 17.4 Å². The number of anilines is 1.